The summed E-state index contributed by atoms with van der Waals surface area (Å²) in [5, 5.41) is 5.56. The van der Waals surface area contributed by atoms with Crippen LogP contribution >= 0.6 is 0 Å². The highest BCUT2D eigenvalue weighted by Crippen LogP contribution is 2.16. The highest BCUT2D eigenvalue weighted by atomic mass is 16.2. The first-order valence-electron chi connectivity index (χ1n) is 4.68. The molecule has 2 amide bonds. The third-order valence-electron chi connectivity index (χ3n) is 2.22. The number of rotatable bonds is 2. The molecular weight excluding hydrogens is 152 g/mol. The van der Waals surface area contributed by atoms with Crippen LogP contribution in [0.15, 0.2) is 0 Å². The molecule has 1 fully saturated rings. The molecule has 0 aliphatic heterocycles. The lowest BCUT2D eigenvalue weighted by Crippen LogP contribution is -2.41. The molecule has 3 nitrogen and oxygen atoms in total. The highest BCUT2D eigenvalue weighted by Gasteiger charge is 2.14. The summed E-state index contributed by atoms with van der Waals surface area (Å²) in [6.07, 6.45) is 6.09. The molecule has 0 aromatic carbocycles. The summed E-state index contributed by atoms with van der Waals surface area (Å²) in [6.45, 7) is 3.46. The molecule has 0 atom stereocenters. The molecule has 69 valence electrons. The van der Waals surface area contributed by atoms with Crippen LogP contribution in [0.2, 0.25) is 0 Å². The van der Waals surface area contributed by atoms with E-state index < -0.39 is 0 Å². The first-order valence-corrected chi connectivity index (χ1v) is 4.68. The second kappa shape index (κ2) is 5.01. The number of carbonyl (C=O) groups excluding carboxylic acids is 1. The predicted octanol–water partition coefficient (Wildman–Crippen LogP) is 1.80. The fourth-order valence-electron chi connectivity index (χ4n) is 1.61. The Labute approximate surface area is 73.9 Å². The molecule has 1 saturated carbocycles. The van der Waals surface area contributed by atoms with Crippen LogP contribution in [0.1, 0.15) is 39.0 Å². The average molecular weight is 169 g/mol. The van der Waals surface area contributed by atoms with E-state index in [0.717, 1.165) is 12.8 Å². The zero-order valence-electron chi connectivity index (χ0n) is 7.60. The minimum Gasteiger partial charge on any atom is -0.335 e. The standard InChI is InChI=1S/C9H17N2O/c1-2-10-9(12)11-8-6-4-3-5-7-8/h2,8H,3-7H2,1H3,(H2,10,11,12). The fourth-order valence-corrected chi connectivity index (χ4v) is 1.61. The van der Waals surface area contributed by atoms with Crippen LogP contribution in [0.4, 0.5) is 4.79 Å². The van der Waals surface area contributed by atoms with Crippen molar-refractivity contribution in [1.82, 2.24) is 10.6 Å². The van der Waals surface area contributed by atoms with E-state index in [1.165, 1.54) is 19.3 Å². The van der Waals surface area contributed by atoms with Gasteiger partial charge in [-0.15, -0.1) is 0 Å². The van der Waals surface area contributed by atoms with Crippen LogP contribution in [0.5, 0.6) is 0 Å². The van der Waals surface area contributed by atoms with Gasteiger partial charge in [0.05, 0.1) is 0 Å². The van der Waals surface area contributed by atoms with Crippen molar-refractivity contribution < 1.29 is 4.79 Å². The molecule has 1 aliphatic rings. The Morgan fingerprint density at radius 1 is 1.33 bits per heavy atom. The number of hydrogen-bond acceptors (Lipinski definition) is 1. The third-order valence-corrected chi connectivity index (χ3v) is 2.22. The third kappa shape index (κ3) is 3.11. The topological polar surface area (TPSA) is 41.1 Å². The van der Waals surface area contributed by atoms with Crippen molar-refractivity contribution in [2.45, 2.75) is 45.1 Å². The second-order valence-corrected chi connectivity index (χ2v) is 3.24. The zero-order chi connectivity index (χ0) is 8.81. The Hall–Kier alpha value is -0.730. The van der Waals surface area contributed by atoms with Gasteiger partial charge in [0.2, 0.25) is 0 Å². The lowest BCUT2D eigenvalue weighted by Gasteiger charge is -2.22. The molecule has 3 heteroatoms. The Bertz CT molecular complexity index is 141. The molecule has 1 aliphatic carbocycles. The van der Waals surface area contributed by atoms with Crippen LogP contribution in [0.3, 0.4) is 0 Å². The molecule has 0 aromatic rings. The summed E-state index contributed by atoms with van der Waals surface area (Å²) >= 11 is 0. The number of urea groups is 1. The quantitative estimate of drug-likeness (QED) is 0.650. The summed E-state index contributed by atoms with van der Waals surface area (Å²) < 4.78 is 0. The zero-order valence-corrected chi connectivity index (χ0v) is 7.60. The van der Waals surface area contributed by atoms with E-state index in [0.29, 0.717) is 6.04 Å². The van der Waals surface area contributed by atoms with Gasteiger partial charge in [-0.3, -0.25) is 0 Å². The second-order valence-electron chi connectivity index (χ2n) is 3.24. The monoisotopic (exact) mass is 169 g/mol. The van der Waals surface area contributed by atoms with Gasteiger partial charge in [0, 0.05) is 12.6 Å². The van der Waals surface area contributed by atoms with Gasteiger partial charge >= 0.3 is 6.03 Å². The van der Waals surface area contributed by atoms with Gasteiger partial charge in [0.1, 0.15) is 0 Å². The van der Waals surface area contributed by atoms with E-state index >= 15 is 0 Å². The fraction of sp³-hybridized carbons (Fsp3) is 0.778. The van der Waals surface area contributed by atoms with E-state index in [2.05, 4.69) is 10.6 Å². The van der Waals surface area contributed by atoms with Gasteiger partial charge in [-0.2, -0.15) is 0 Å². The molecule has 0 aromatic heterocycles. The van der Waals surface area contributed by atoms with Crippen molar-refractivity contribution in [3.63, 3.8) is 0 Å². The van der Waals surface area contributed by atoms with Crippen molar-refractivity contribution in [3.8, 4) is 0 Å². The van der Waals surface area contributed by atoms with E-state index in [9.17, 15) is 4.79 Å². The summed E-state index contributed by atoms with van der Waals surface area (Å²) in [6, 6.07) is 0.336. The minimum absolute atomic E-state index is 0.0654. The van der Waals surface area contributed by atoms with E-state index in [1.807, 2.05) is 0 Å². The molecule has 1 radical (unpaired) electrons. The maximum absolute atomic E-state index is 11.1. The molecule has 1 rings (SSSR count). The summed E-state index contributed by atoms with van der Waals surface area (Å²) in [5.41, 5.74) is 0. The van der Waals surface area contributed by atoms with Crippen molar-refractivity contribution in [1.29, 1.82) is 0 Å². The van der Waals surface area contributed by atoms with Crippen LogP contribution in [0, 0.1) is 6.54 Å². The SMILES string of the molecule is C[CH]NC(=O)NC1CCCCC1. The number of amides is 2. The summed E-state index contributed by atoms with van der Waals surface area (Å²) in [7, 11) is 0. The van der Waals surface area contributed by atoms with Crippen LogP contribution in [-0.4, -0.2) is 12.1 Å². The van der Waals surface area contributed by atoms with Crippen molar-refractivity contribution in [2.75, 3.05) is 0 Å². The van der Waals surface area contributed by atoms with Crippen molar-refractivity contribution >= 4 is 6.03 Å². The number of nitrogens with one attached hydrogen (secondary N) is 2. The van der Waals surface area contributed by atoms with E-state index in [4.69, 9.17) is 0 Å². The molecule has 0 bridgehead atoms. The molecule has 0 unspecified atom stereocenters. The summed E-state index contributed by atoms with van der Waals surface area (Å²) in [4.78, 5) is 11.1. The largest absolute Gasteiger partial charge is 0.335 e. The molecule has 0 spiro atoms. The molecule has 0 heterocycles. The van der Waals surface area contributed by atoms with Crippen molar-refractivity contribution in [2.24, 2.45) is 0 Å². The molecular formula is C9H17N2O. The Balaban J connectivity index is 2.15. The van der Waals surface area contributed by atoms with Gasteiger partial charge in [-0.25, -0.2) is 4.79 Å². The normalized spacial score (nSPS) is 18.8. The first-order chi connectivity index (χ1) is 5.83. The van der Waals surface area contributed by atoms with Gasteiger partial charge in [-0.1, -0.05) is 19.3 Å². The van der Waals surface area contributed by atoms with Crippen LogP contribution in [0.25, 0.3) is 0 Å². The Morgan fingerprint density at radius 2 is 2.00 bits per heavy atom. The van der Waals surface area contributed by atoms with E-state index in [-0.39, 0.29) is 6.03 Å². The van der Waals surface area contributed by atoms with Crippen LogP contribution < -0.4 is 10.6 Å². The maximum atomic E-state index is 11.1. The maximum Gasteiger partial charge on any atom is 0.315 e. The number of carbonyl (C=O) groups is 1. The molecule has 0 saturated heterocycles. The predicted molar refractivity (Wildman–Crippen MR) is 48.5 cm³/mol. The minimum atomic E-state index is -0.0654. The lowest BCUT2D eigenvalue weighted by atomic mass is 9.96. The molecule has 2 N–H and O–H groups in total. The van der Waals surface area contributed by atoms with Crippen molar-refractivity contribution in [3.05, 3.63) is 6.54 Å². The average Bonchev–Trinajstić information content (AvgIpc) is 2.06. The van der Waals surface area contributed by atoms with Gasteiger partial charge < -0.3 is 10.6 Å². The number of hydrogen-bond donors (Lipinski definition) is 2. The molecule has 12 heavy (non-hydrogen) atoms. The smallest absolute Gasteiger partial charge is 0.315 e. The highest BCUT2D eigenvalue weighted by molar-refractivity contribution is 5.74. The van der Waals surface area contributed by atoms with Crippen LogP contribution in [-0.2, 0) is 0 Å². The van der Waals surface area contributed by atoms with Gasteiger partial charge in [-0.05, 0) is 19.8 Å². The van der Waals surface area contributed by atoms with Gasteiger partial charge in [0.25, 0.3) is 0 Å². The summed E-state index contributed by atoms with van der Waals surface area (Å²) in [5.74, 6) is 0. The lowest BCUT2D eigenvalue weighted by molar-refractivity contribution is 0.235. The first kappa shape index (κ1) is 9.36. The van der Waals surface area contributed by atoms with Gasteiger partial charge in [0.15, 0.2) is 0 Å². The van der Waals surface area contributed by atoms with E-state index in [1.54, 1.807) is 13.5 Å². The Kier molecular flexibility index (Phi) is 3.91. The Morgan fingerprint density at radius 3 is 2.58 bits per heavy atom.